The van der Waals surface area contributed by atoms with Crippen molar-refractivity contribution < 1.29 is 4.39 Å². The first-order valence-electron chi connectivity index (χ1n) is 6.86. The molecule has 2 aliphatic rings. The van der Waals surface area contributed by atoms with E-state index in [1.807, 2.05) is 6.07 Å². The van der Waals surface area contributed by atoms with Crippen LogP contribution in [0.15, 0.2) is 18.2 Å². The van der Waals surface area contributed by atoms with Gasteiger partial charge in [-0.1, -0.05) is 6.07 Å². The van der Waals surface area contributed by atoms with Crippen molar-refractivity contribution in [3.8, 4) is 0 Å². The predicted octanol–water partition coefficient (Wildman–Crippen LogP) is 2.73. The third-order valence-corrected chi connectivity index (χ3v) is 4.69. The van der Waals surface area contributed by atoms with Crippen molar-refractivity contribution in [3.63, 3.8) is 0 Å². The molecule has 4 heteroatoms. The number of fused-ring (bicyclic) bond motifs is 1. The first kappa shape index (κ1) is 14.8. The monoisotopic (exact) mass is 284 g/mol. The van der Waals surface area contributed by atoms with Crippen LogP contribution in [0.1, 0.15) is 24.0 Å². The maximum atomic E-state index is 13.3. The quantitative estimate of drug-likeness (QED) is 0.905. The summed E-state index contributed by atoms with van der Waals surface area (Å²) in [4.78, 5) is 2.44. The number of rotatable bonds is 2. The summed E-state index contributed by atoms with van der Waals surface area (Å²) in [5, 5.41) is 0. The van der Waals surface area contributed by atoms with Crippen molar-refractivity contribution in [2.75, 3.05) is 13.1 Å². The van der Waals surface area contributed by atoms with E-state index in [1.54, 1.807) is 6.07 Å². The number of hydrogen-bond donors (Lipinski definition) is 1. The molecular formula is C15H22ClFN2. The number of likely N-dealkylation sites (tertiary alicyclic amines) is 1. The Morgan fingerprint density at radius 3 is 2.84 bits per heavy atom. The standard InChI is InChI=1S/C15H21FN2.ClH/c1-10-2-4-13(16)6-12(10)8-18-7-11-3-5-15(17)14(11)9-18;/h2,4,6,11,14-15H,3,5,7-9,17H2,1H3;1H. The second kappa shape index (κ2) is 5.78. The summed E-state index contributed by atoms with van der Waals surface area (Å²) in [7, 11) is 0. The van der Waals surface area contributed by atoms with E-state index in [9.17, 15) is 4.39 Å². The van der Waals surface area contributed by atoms with E-state index < -0.39 is 0 Å². The smallest absolute Gasteiger partial charge is 0.123 e. The fourth-order valence-electron chi connectivity index (χ4n) is 3.58. The van der Waals surface area contributed by atoms with E-state index in [2.05, 4.69) is 11.8 Å². The SMILES string of the molecule is Cc1ccc(F)cc1CN1CC2CCC(N)C2C1.Cl. The molecule has 1 aromatic rings. The minimum atomic E-state index is -0.133. The summed E-state index contributed by atoms with van der Waals surface area (Å²) in [6, 6.07) is 5.46. The molecule has 0 amide bonds. The average molecular weight is 285 g/mol. The van der Waals surface area contributed by atoms with Crippen LogP contribution in [0.2, 0.25) is 0 Å². The maximum Gasteiger partial charge on any atom is 0.123 e. The number of nitrogens with two attached hydrogens (primary N) is 1. The summed E-state index contributed by atoms with van der Waals surface area (Å²) in [6.45, 7) is 5.14. The summed E-state index contributed by atoms with van der Waals surface area (Å²) < 4.78 is 13.3. The molecule has 1 aliphatic carbocycles. The van der Waals surface area contributed by atoms with E-state index in [4.69, 9.17) is 5.73 Å². The van der Waals surface area contributed by atoms with Gasteiger partial charge in [0.25, 0.3) is 0 Å². The Labute approximate surface area is 120 Å². The zero-order valence-electron chi connectivity index (χ0n) is 11.3. The zero-order chi connectivity index (χ0) is 12.7. The number of aryl methyl sites for hydroxylation is 1. The van der Waals surface area contributed by atoms with Gasteiger partial charge in [0, 0.05) is 25.7 Å². The molecule has 1 heterocycles. The van der Waals surface area contributed by atoms with Crippen LogP contribution in [0.3, 0.4) is 0 Å². The highest BCUT2D eigenvalue weighted by atomic mass is 35.5. The number of halogens is 2. The van der Waals surface area contributed by atoms with Gasteiger partial charge in [-0.2, -0.15) is 0 Å². The molecule has 2 fully saturated rings. The summed E-state index contributed by atoms with van der Waals surface area (Å²) in [6.07, 6.45) is 2.45. The Hall–Kier alpha value is -0.640. The zero-order valence-corrected chi connectivity index (χ0v) is 12.1. The number of benzene rings is 1. The van der Waals surface area contributed by atoms with Gasteiger partial charge in [-0.25, -0.2) is 4.39 Å². The van der Waals surface area contributed by atoms with Gasteiger partial charge in [-0.15, -0.1) is 12.4 Å². The van der Waals surface area contributed by atoms with Gasteiger partial charge in [0.05, 0.1) is 0 Å². The lowest BCUT2D eigenvalue weighted by Gasteiger charge is -2.19. The number of hydrogen-bond acceptors (Lipinski definition) is 2. The molecule has 1 aliphatic heterocycles. The Balaban J connectivity index is 0.00000133. The van der Waals surface area contributed by atoms with Crippen LogP contribution in [0, 0.1) is 24.6 Å². The van der Waals surface area contributed by atoms with Gasteiger partial charge in [0.1, 0.15) is 5.82 Å². The molecule has 1 aromatic carbocycles. The first-order chi connectivity index (χ1) is 8.63. The van der Waals surface area contributed by atoms with E-state index in [0.717, 1.165) is 31.1 Å². The lowest BCUT2D eigenvalue weighted by Crippen LogP contribution is -2.30. The largest absolute Gasteiger partial charge is 0.327 e. The Morgan fingerprint density at radius 1 is 1.32 bits per heavy atom. The van der Waals surface area contributed by atoms with Gasteiger partial charge >= 0.3 is 0 Å². The number of nitrogens with zero attached hydrogens (tertiary/aromatic N) is 1. The molecule has 2 N–H and O–H groups in total. The van der Waals surface area contributed by atoms with Crippen LogP contribution in [0.4, 0.5) is 4.39 Å². The molecule has 0 spiro atoms. The van der Waals surface area contributed by atoms with E-state index in [-0.39, 0.29) is 18.2 Å². The molecule has 1 saturated heterocycles. The molecule has 2 nitrogen and oxygen atoms in total. The molecule has 0 bridgehead atoms. The normalized spacial score (nSPS) is 30.2. The third kappa shape index (κ3) is 2.93. The Morgan fingerprint density at radius 2 is 2.11 bits per heavy atom. The van der Waals surface area contributed by atoms with Crippen LogP contribution >= 0.6 is 12.4 Å². The van der Waals surface area contributed by atoms with Crippen molar-refractivity contribution in [1.82, 2.24) is 4.90 Å². The van der Waals surface area contributed by atoms with Crippen LogP contribution < -0.4 is 5.73 Å². The lowest BCUT2D eigenvalue weighted by molar-refractivity contribution is 0.297. The molecule has 0 aromatic heterocycles. The van der Waals surface area contributed by atoms with Gasteiger partial charge < -0.3 is 5.73 Å². The molecule has 106 valence electrons. The highest BCUT2D eigenvalue weighted by Gasteiger charge is 2.40. The Kier molecular flexibility index (Phi) is 4.49. The van der Waals surface area contributed by atoms with Crippen LogP contribution in [-0.4, -0.2) is 24.0 Å². The second-order valence-electron chi connectivity index (χ2n) is 5.93. The van der Waals surface area contributed by atoms with Crippen LogP contribution in [0.25, 0.3) is 0 Å². The van der Waals surface area contributed by atoms with Gasteiger partial charge in [-0.3, -0.25) is 4.90 Å². The molecule has 19 heavy (non-hydrogen) atoms. The van der Waals surface area contributed by atoms with Crippen LogP contribution in [0.5, 0.6) is 0 Å². The average Bonchev–Trinajstić information content (AvgIpc) is 2.87. The van der Waals surface area contributed by atoms with Gasteiger partial charge in [0.15, 0.2) is 0 Å². The van der Waals surface area contributed by atoms with Gasteiger partial charge in [-0.05, 0) is 54.9 Å². The second-order valence-corrected chi connectivity index (χ2v) is 5.93. The van der Waals surface area contributed by atoms with Crippen molar-refractivity contribution in [3.05, 3.63) is 35.1 Å². The Bertz CT molecular complexity index is 452. The first-order valence-corrected chi connectivity index (χ1v) is 6.86. The van der Waals surface area contributed by atoms with Crippen molar-refractivity contribution in [2.45, 2.75) is 32.4 Å². The minimum absolute atomic E-state index is 0. The highest BCUT2D eigenvalue weighted by molar-refractivity contribution is 5.85. The fraction of sp³-hybridized carbons (Fsp3) is 0.600. The molecule has 3 rings (SSSR count). The predicted molar refractivity (Wildman–Crippen MR) is 77.9 cm³/mol. The van der Waals surface area contributed by atoms with Gasteiger partial charge in [0.2, 0.25) is 0 Å². The lowest BCUT2D eigenvalue weighted by atomic mass is 9.98. The minimum Gasteiger partial charge on any atom is -0.327 e. The highest BCUT2D eigenvalue weighted by Crippen LogP contribution is 2.37. The van der Waals surface area contributed by atoms with Crippen LogP contribution in [-0.2, 0) is 6.54 Å². The maximum absolute atomic E-state index is 13.3. The summed E-state index contributed by atoms with van der Waals surface area (Å²) >= 11 is 0. The third-order valence-electron chi connectivity index (χ3n) is 4.69. The van der Waals surface area contributed by atoms with Crippen molar-refractivity contribution in [2.24, 2.45) is 17.6 Å². The molecular weight excluding hydrogens is 263 g/mol. The molecule has 0 radical (unpaired) electrons. The summed E-state index contributed by atoms with van der Waals surface area (Å²) in [5.74, 6) is 1.31. The molecule has 3 unspecified atom stereocenters. The fourth-order valence-corrected chi connectivity index (χ4v) is 3.58. The molecule has 1 saturated carbocycles. The van der Waals surface area contributed by atoms with E-state index >= 15 is 0 Å². The topological polar surface area (TPSA) is 29.3 Å². The molecule has 3 atom stereocenters. The summed E-state index contributed by atoms with van der Waals surface area (Å²) in [5.41, 5.74) is 8.44. The van der Waals surface area contributed by atoms with E-state index in [1.165, 1.54) is 24.5 Å². The van der Waals surface area contributed by atoms with Crippen molar-refractivity contribution in [1.29, 1.82) is 0 Å². The van der Waals surface area contributed by atoms with E-state index in [0.29, 0.717) is 12.0 Å². The van der Waals surface area contributed by atoms with Crippen molar-refractivity contribution >= 4 is 12.4 Å².